The lowest BCUT2D eigenvalue weighted by Gasteiger charge is -2.19. The first-order chi connectivity index (χ1) is 9.77. The molecule has 0 aliphatic rings. The predicted molar refractivity (Wildman–Crippen MR) is 87.3 cm³/mol. The van der Waals surface area contributed by atoms with Crippen LogP contribution in [0.4, 0.5) is 0 Å². The molecule has 0 aliphatic carbocycles. The van der Waals surface area contributed by atoms with Crippen molar-refractivity contribution in [3.63, 3.8) is 0 Å². The number of nitrogens with one attached hydrogen (secondary N) is 1. The molecule has 1 atom stereocenters. The van der Waals surface area contributed by atoms with Gasteiger partial charge in [0.2, 0.25) is 0 Å². The van der Waals surface area contributed by atoms with Crippen LogP contribution in [0.1, 0.15) is 44.2 Å². The summed E-state index contributed by atoms with van der Waals surface area (Å²) in [6, 6.07) is 8.73. The minimum atomic E-state index is 0.666. The van der Waals surface area contributed by atoms with Crippen molar-refractivity contribution < 1.29 is 4.74 Å². The minimum absolute atomic E-state index is 0.666. The van der Waals surface area contributed by atoms with Gasteiger partial charge in [0.15, 0.2) is 0 Å². The maximum absolute atomic E-state index is 5.66. The molecule has 1 rings (SSSR count). The summed E-state index contributed by atoms with van der Waals surface area (Å²) < 4.78 is 5.66. The number of hydrogen-bond donors (Lipinski definition) is 1. The van der Waals surface area contributed by atoms with Gasteiger partial charge >= 0.3 is 0 Å². The highest BCUT2D eigenvalue weighted by atomic mass is 16.5. The molecule has 1 aromatic carbocycles. The second kappa shape index (κ2) is 10.9. The second-order valence-corrected chi connectivity index (χ2v) is 5.60. The molecule has 1 aromatic rings. The fraction of sp³-hybridized carbons (Fsp3) is 0.667. The van der Waals surface area contributed by atoms with E-state index in [1.54, 1.807) is 0 Å². The van der Waals surface area contributed by atoms with Crippen molar-refractivity contribution >= 4 is 0 Å². The van der Waals surface area contributed by atoms with E-state index in [-0.39, 0.29) is 0 Å². The Bertz CT molecular complexity index is 351. The zero-order valence-electron chi connectivity index (χ0n) is 13.5. The Balaban J connectivity index is 2.46. The highest BCUT2D eigenvalue weighted by Gasteiger charge is 2.11. The van der Waals surface area contributed by atoms with Gasteiger partial charge in [0, 0.05) is 13.2 Å². The van der Waals surface area contributed by atoms with E-state index in [1.165, 1.54) is 17.5 Å². The van der Waals surface area contributed by atoms with Gasteiger partial charge < -0.3 is 10.1 Å². The van der Waals surface area contributed by atoms with E-state index in [2.05, 4.69) is 50.4 Å². The summed E-state index contributed by atoms with van der Waals surface area (Å²) >= 11 is 0. The van der Waals surface area contributed by atoms with Crippen molar-refractivity contribution in [2.24, 2.45) is 5.92 Å². The Kier molecular flexibility index (Phi) is 9.35. The van der Waals surface area contributed by atoms with E-state index in [0.29, 0.717) is 5.92 Å². The van der Waals surface area contributed by atoms with Crippen molar-refractivity contribution in [1.82, 2.24) is 5.32 Å². The Morgan fingerprint density at radius 2 is 1.90 bits per heavy atom. The molecule has 0 radical (unpaired) electrons. The number of aryl methyl sites for hydroxylation is 1. The summed E-state index contributed by atoms with van der Waals surface area (Å²) in [4.78, 5) is 0. The summed E-state index contributed by atoms with van der Waals surface area (Å²) in [6.45, 7) is 10.6. The van der Waals surface area contributed by atoms with Crippen LogP contribution in [0.25, 0.3) is 0 Å². The fourth-order valence-corrected chi connectivity index (χ4v) is 2.41. The lowest BCUT2D eigenvalue weighted by Crippen LogP contribution is -2.26. The van der Waals surface area contributed by atoms with Gasteiger partial charge in [-0.1, -0.05) is 38.1 Å². The van der Waals surface area contributed by atoms with Crippen LogP contribution in [-0.4, -0.2) is 26.3 Å². The molecule has 0 heterocycles. The third-order valence-electron chi connectivity index (χ3n) is 3.65. The maximum atomic E-state index is 5.66. The molecule has 0 aromatic heterocycles. The van der Waals surface area contributed by atoms with E-state index in [9.17, 15) is 0 Å². The molecule has 0 aliphatic heterocycles. The molecule has 0 saturated carbocycles. The zero-order valence-corrected chi connectivity index (χ0v) is 13.5. The van der Waals surface area contributed by atoms with Crippen LogP contribution in [0.3, 0.4) is 0 Å². The molecule has 1 unspecified atom stereocenters. The highest BCUT2D eigenvalue weighted by Crippen LogP contribution is 2.15. The molecular weight excluding hydrogens is 246 g/mol. The van der Waals surface area contributed by atoms with Gasteiger partial charge in [0.25, 0.3) is 0 Å². The molecule has 0 fully saturated rings. The maximum Gasteiger partial charge on any atom is 0.0469 e. The highest BCUT2D eigenvalue weighted by molar-refractivity contribution is 5.25. The van der Waals surface area contributed by atoms with Crippen LogP contribution in [-0.2, 0) is 11.2 Å². The SMILES string of the molecule is CCCNCC(CCOCCC)Cc1ccccc1C. The monoisotopic (exact) mass is 277 g/mol. The van der Waals surface area contributed by atoms with Crippen molar-refractivity contribution in [3.8, 4) is 0 Å². The van der Waals surface area contributed by atoms with Crippen LogP contribution >= 0.6 is 0 Å². The van der Waals surface area contributed by atoms with Gasteiger partial charge in [-0.2, -0.15) is 0 Å². The quantitative estimate of drug-likeness (QED) is 0.618. The summed E-state index contributed by atoms with van der Waals surface area (Å²) in [6.07, 6.45) is 4.60. The number of hydrogen-bond acceptors (Lipinski definition) is 2. The smallest absolute Gasteiger partial charge is 0.0469 e. The van der Waals surface area contributed by atoms with E-state index in [4.69, 9.17) is 4.74 Å². The molecule has 20 heavy (non-hydrogen) atoms. The Morgan fingerprint density at radius 1 is 1.10 bits per heavy atom. The normalized spacial score (nSPS) is 12.6. The lowest BCUT2D eigenvalue weighted by atomic mass is 9.93. The van der Waals surface area contributed by atoms with E-state index < -0.39 is 0 Å². The predicted octanol–water partition coefficient (Wildman–Crippen LogP) is 3.97. The third kappa shape index (κ3) is 7.06. The van der Waals surface area contributed by atoms with Gasteiger partial charge in [0.05, 0.1) is 0 Å². The van der Waals surface area contributed by atoms with Gasteiger partial charge in [-0.15, -0.1) is 0 Å². The number of benzene rings is 1. The van der Waals surface area contributed by atoms with Gasteiger partial charge in [-0.25, -0.2) is 0 Å². The number of ether oxygens (including phenoxy) is 1. The van der Waals surface area contributed by atoms with Gasteiger partial charge in [-0.3, -0.25) is 0 Å². The van der Waals surface area contributed by atoms with Crippen molar-refractivity contribution in [2.75, 3.05) is 26.3 Å². The van der Waals surface area contributed by atoms with Crippen LogP contribution < -0.4 is 5.32 Å². The largest absolute Gasteiger partial charge is 0.381 e. The van der Waals surface area contributed by atoms with Crippen LogP contribution in [0.2, 0.25) is 0 Å². The molecule has 0 bridgehead atoms. The molecule has 2 nitrogen and oxygen atoms in total. The van der Waals surface area contributed by atoms with Gasteiger partial charge in [-0.05, 0) is 62.7 Å². The van der Waals surface area contributed by atoms with Crippen molar-refractivity contribution in [1.29, 1.82) is 0 Å². The molecular formula is C18H31NO. The molecule has 1 N–H and O–H groups in total. The molecule has 0 amide bonds. The van der Waals surface area contributed by atoms with E-state index in [0.717, 1.165) is 45.6 Å². The first kappa shape index (κ1) is 17.2. The Morgan fingerprint density at radius 3 is 2.60 bits per heavy atom. The first-order valence-corrected chi connectivity index (χ1v) is 8.10. The molecule has 0 spiro atoms. The third-order valence-corrected chi connectivity index (χ3v) is 3.65. The Hall–Kier alpha value is -0.860. The van der Waals surface area contributed by atoms with Gasteiger partial charge in [0.1, 0.15) is 0 Å². The van der Waals surface area contributed by atoms with E-state index in [1.807, 2.05) is 0 Å². The number of rotatable bonds is 11. The Labute approximate surface area is 124 Å². The first-order valence-electron chi connectivity index (χ1n) is 8.10. The standard InChI is InChI=1S/C18H31NO/c1-4-11-19-15-17(10-13-20-12-5-2)14-18-9-7-6-8-16(18)3/h6-9,17,19H,4-5,10-15H2,1-3H3. The average Bonchev–Trinajstić information content (AvgIpc) is 2.46. The van der Waals surface area contributed by atoms with Crippen LogP contribution in [0, 0.1) is 12.8 Å². The minimum Gasteiger partial charge on any atom is -0.381 e. The summed E-state index contributed by atoms with van der Waals surface area (Å²) in [7, 11) is 0. The molecule has 0 saturated heterocycles. The topological polar surface area (TPSA) is 21.3 Å². The van der Waals surface area contributed by atoms with Crippen molar-refractivity contribution in [2.45, 2.75) is 46.5 Å². The average molecular weight is 277 g/mol. The second-order valence-electron chi connectivity index (χ2n) is 5.60. The van der Waals surface area contributed by atoms with E-state index >= 15 is 0 Å². The summed E-state index contributed by atoms with van der Waals surface area (Å²) in [5.74, 6) is 0.666. The molecule has 114 valence electrons. The van der Waals surface area contributed by atoms with Crippen molar-refractivity contribution in [3.05, 3.63) is 35.4 Å². The fourth-order valence-electron chi connectivity index (χ4n) is 2.41. The summed E-state index contributed by atoms with van der Waals surface area (Å²) in [5.41, 5.74) is 2.88. The van der Waals surface area contributed by atoms with Crippen LogP contribution in [0.5, 0.6) is 0 Å². The lowest BCUT2D eigenvalue weighted by molar-refractivity contribution is 0.120. The summed E-state index contributed by atoms with van der Waals surface area (Å²) in [5, 5.41) is 3.56. The van der Waals surface area contributed by atoms with Crippen LogP contribution in [0.15, 0.2) is 24.3 Å². The molecule has 2 heteroatoms. The zero-order chi connectivity index (χ0) is 14.6.